The number of hydrogen-bond acceptors (Lipinski definition) is 6. The van der Waals surface area contributed by atoms with Crippen LogP contribution in [0.3, 0.4) is 0 Å². The molecule has 0 saturated carbocycles. The molecular formula is C11H9BrFN5O2. The average Bonchev–Trinajstić information content (AvgIpc) is 2.35. The van der Waals surface area contributed by atoms with Crippen molar-refractivity contribution in [1.29, 1.82) is 0 Å². The molecule has 2 rings (SSSR count). The van der Waals surface area contributed by atoms with Crippen molar-refractivity contribution in [1.82, 2.24) is 9.97 Å². The quantitative estimate of drug-likeness (QED) is 0.656. The van der Waals surface area contributed by atoms with E-state index in [4.69, 9.17) is 5.73 Å². The minimum Gasteiger partial charge on any atom is -0.368 e. The summed E-state index contributed by atoms with van der Waals surface area (Å²) >= 11 is 3.06. The van der Waals surface area contributed by atoms with Crippen molar-refractivity contribution < 1.29 is 9.31 Å². The summed E-state index contributed by atoms with van der Waals surface area (Å²) in [7, 11) is 0. The highest BCUT2D eigenvalue weighted by Gasteiger charge is 2.18. The largest absolute Gasteiger partial charge is 0.368 e. The van der Waals surface area contributed by atoms with Gasteiger partial charge >= 0.3 is 5.69 Å². The van der Waals surface area contributed by atoms with Crippen LogP contribution < -0.4 is 11.1 Å². The number of nitrogens with two attached hydrogens (primary N) is 1. The lowest BCUT2D eigenvalue weighted by molar-refractivity contribution is -0.384. The van der Waals surface area contributed by atoms with Gasteiger partial charge < -0.3 is 11.1 Å². The van der Waals surface area contributed by atoms with Gasteiger partial charge in [-0.2, -0.15) is 4.98 Å². The van der Waals surface area contributed by atoms with E-state index in [1.54, 1.807) is 13.0 Å². The van der Waals surface area contributed by atoms with E-state index < -0.39 is 10.7 Å². The van der Waals surface area contributed by atoms with Crippen LogP contribution in [0, 0.1) is 22.9 Å². The fraction of sp³-hybridized carbons (Fsp3) is 0.0909. The molecule has 3 N–H and O–H groups in total. The fourth-order valence-corrected chi connectivity index (χ4v) is 1.98. The number of aryl methyl sites for hydroxylation is 1. The first-order valence-corrected chi connectivity index (χ1v) is 6.17. The molecule has 9 heteroatoms. The Morgan fingerprint density at radius 3 is 2.85 bits per heavy atom. The molecule has 0 radical (unpaired) electrons. The van der Waals surface area contributed by atoms with E-state index in [1.807, 2.05) is 0 Å². The summed E-state index contributed by atoms with van der Waals surface area (Å²) < 4.78 is 13.8. The van der Waals surface area contributed by atoms with Gasteiger partial charge in [0.2, 0.25) is 11.8 Å². The van der Waals surface area contributed by atoms with Crippen molar-refractivity contribution in [2.75, 3.05) is 11.1 Å². The molecule has 1 aromatic heterocycles. The number of nitrogens with zero attached hydrogens (tertiary/aromatic N) is 3. The average molecular weight is 342 g/mol. The number of nitrogen functional groups attached to an aromatic ring is 1. The number of aromatic nitrogens is 2. The molecule has 0 amide bonds. The van der Waals surface area contributed by atoms with Crippen LogP contribution in [0.4, 0.5) is 27.5 Å². The number of benzene rings is 1. The molecule has 0 fully saturated rings. The molecule has 0 aliphatic carbocycles. The molecule has 0 aliphatic heterocycles. The van der Waals surface area contributed by atoms with Gasteiger partial charge in [-0.25, -0.2) is 9.37 Å². The first kappa shape index (κ1) is 14.1. The monoisotopic (exact) mass is 341 g/mol. The van der Waals surface area contributed by atoms with Crippen molar-refractivity contribution in [2.45, 2.75) is 6.92 Å². The molecule has 1 aromatic carbocycles. The Morgan fingerprint density at radius 1 is 1.50 bits per heavy atom. The van der Waals surface area contributed by atoms with Gasteiger partial charge in [-0.3, -0.25) is 10.1 Å². The van der Waals surface area contributed by atoms with E-state index in [1.165, 1.54) is 6.07 Å². The smallest absolute Gasteiger partial charge is 0.329 e. The minimum atomic E-state index is -0.647. The molecule has 0 atom stereocenters. The highest BCUT2D eigenvalue weighted by atomic mass is 79.9. The molecule has 0 spiro atoms. The number of halogens is 2. The summed E-state index contributed by atoms with van der Waals surface area (Å²) in [5.41, 5.74) is 6.10. The Hall–Kier alpha value is -2.29. The second-order valence-corrected chi connectivity index (χ2v) is 4.78. The van der Waals surface area contributed by atoms with Crippen molar-refractivity contribution in [3.8, 4) is 0 Å². The maximum Gasteiger partial charge on any atom is 0.329 e. The minimum absolute atomic E-state index is 0.0904. The third kappa shape index (κ3) is 2.82. The van der Waals surface area contributed by atoms with E-state index in [-0.39, 0.29) is 17.5 Å². The predicted molar refractivity (Wildman–Crippen MR) is 75.2 cm³/mol. The Balaban J connectivity index is 2.47. The molecule has 0 saturated heterocycles. The Morgan fingerprint density at radius 2 is 2.20 bits per heavy atom. The van der Waals surface area contributed by atoms with Crippen LogP contribution in [0.1, 0.15) is 5.56 Å². The van der Waals surface area contributed by atoms with Crippen LogP contribution in [-0.2, 0) is 0 Å². The number of rotatable bonds is 3. The van der Waals surface area contributed by atoms with Gasteiger partial charge in [0.15, 0.2) is 0 Å². The molecule has 20 heavy (non-hydrogen) atoms. The van der Waals surface area contributed by atoms with Crippen LogP contribution in [0.2, 0.25) is 0 Å². The van der Waals surface area contributed by atoms with Gasteiger partial charge in [0.1, 0.15) is 12.0 Å². The second-order valence-electron chi connectivity index (χ2n) is 3.93. The number of anilines is 3. The van der Waals surface area contributed by atoms with Gasteiger partial charge in [0.05, 0.1) is 9.40 Å². The number of nitrogens with one attached hydrogen (secondary N) is 1. The predicted octanol–water partition coefficient (Wildman–Crippen LogP) is 2.92. The summed E-state index contributed by atoms with van der Waals surface area (Å²) in [5.74, 6) is -0.705. The maximum atomic E-state index is 13.5. The van der Waals surface area contributed by atoms with Crippen molar-refractivity contribution in [3.63, 3.8) is 0 Å². The maximum absolute atomic E-state index is 13.5. The number of nitro groups is 1. The third-order valence-corrected chi connectivity index (χ3v) is 3.11. The standard InChI is InChI=1S/C11H9BrFN5O2/c1-5-2-6(12)7(13)3-8(5)16-10-9(18(19)20)4-15-11(14)17-10/h2-4H,1H3,(H3,14,15,16,17). The van der Waals surface area contributed by atoms with Gasteiger partial charge in [-0.05, 0) is 40.5 Å². The molecule has 0 unspecified atom stereocenters. The van der Waals surface area contributed by atoms with Gasteiger partial charge in [0, 0.05) is 5.69 Å². The molecule has 104 valence electrons. The van der Waals surface area contributed by atoms with Crippen molar-refractivity contribution in [2.24, 2.45) is 0 Å². The summed E-state index contributed by atoms with van der Waals surface area (Å²) in [5, 5.41) is 13.6. The van der Waals surface area contributed by atoms with Crippen molar-refractivity contribution >= 4 is 39.1 Å². The molecule has 0 aliphatic rings. The van der Waals surface area contributed by atoms with E-state index in [0.29, 0.717) is 15.7 Å². The molecule has 2 aromatic rings. The zero-order valence-corrected chi connectivity index (χ0v) is 11.8. The Bertz CT molecular complexity index is 695. The summed E-state index contributed by atoms with van der Waals surface area (Å²) in [6, 6.07) is 2.76. The highest BCUT2D eigenvalue weighted by Crippen LogP contribution is 2.29. The van der Waals surface area contributed by atoms with Crippen LogP contribution in [0.15, 0.2) is 22.8 Å². The van der Waals surface area contributed by atoms with Crippen LogP contribution in [-0.4, -0.2) is 14.9 Å². The number of hydrogen-bond donors (Lipinski definition) is 2. The SMILES string of the molecule is Cc1cc(Br)c(F)cc1Nc1nc(N)ncc1[N+](=O)[O-]. The molecular weight excluding hydrogens is 333 g/mol. The van der Waals surface area contributed by atoms with Crippen LogP contribution in [0.5, 0.6) is 0 Å². The fourth-order valence-electron chi connectivity index (χ4n) is 1.52. The van der Waals surface area contributed by atoms with Crippen molar-refractivity contribution in [3.05, 3.63) is 44.3 Å². The Kier molecular flexibility index (Phi) is 3.79. The van der Waals surface area contributed by atoms with Gasteiger partial charge in [0.25, 0.3) is 0 Å². The van der Waals surface area contributed by atoms with Gasteiger partial charge in [-0.1, -0.05) is 0 Å². The third-order valence-electron chi connectivity index (χ3n) is 2.51. The lowest BCUT2D eigenvalue weighted by Gasteiger charge is -2.10. The van der Waals surface area contributed by atoms with Crippen LogP contribution >= 0.6 is 15.9 Å². The molecule has 1 heterocycles. The van der Waals surface area contributed by atoms with E-state index in [2.05, 4.69) is 31.2 Å². The van der Waals surface area contributed by atoms with Crippen LogP contribution in [0.25, 0.3) is 0 Å². The van der Waals surface area contributed by atoms with Gasteiger partial charge in [-0.15, -0.1) is 0 Å². The second kappa shape index (κ2) is 5.37. The Labute approximate surface area is 121 Å². The molecule has 7 nitrogen and oxygen atoms in total. The van der Waals surface area contributed by atoms with E-state index in [0.717, 1.165) is 6.20 Å². The lowest BCUT2D eigenvalue weighted by Crippen LogP contribution is -2.05. The van der Waals surface area contributed by atoms with E-state index >= 15 is 0 Å². The summed E-state index contributed by atoms with van der Waals surface area (Å²) in [6.07, 6.45) is 0.995. The normalized spacial score (nSPS) is 10.3. The molecule has 0 bridgehead atoms. The first-order chi connectivity index (χ1) is 9.38. The first-order valence-electron chi connectivity index (χ1n) is 5.38. The zero-order chi connectivity index (χ0) is 14.9. The summed E-state index contributed by atoms with van der Waals surface area (Å²) in [6.45, 7) is 1.73. The summed E-state index contributed by atoms with van der Waals surface area (Å²) in [4.78, 5) is 17.6. The van der Waals surface area contributed by atoms with E-state index in [9.17, 15) is 14.5 Å². The topological polar surface area (TPSA) is 107 Å². The zero-order valence-electron chi connectivity index (χ0n) is 10.2. The highest BCUT2D eigenvalue weighted by molar-refractivity contribution is 9.10. The lowest BCUT2D eigenvalue weighted by atomic mass is 10.2.